The van der Waals surface area contributed by atoms with E-state index in [1.54, 1.807) is 12.2 Å². The molecule has 0 fully saturated rings. The zero-order valence-corrected chi connectivity index (χ0v) is 21.2. The van der Waals surface area contributed by atoms with Crippen LogP contribution in [0.25, 0.3) is 5.57 Å². The van der Waals surface area contributed by atoms with Crippen LogP contribution >= 0.6 is 0 Å². The molecular weight excluding hydrogens is 457 g/mol. The maximum absolute atomic E-state index is 13.1. The van der Waals surface area contributed by atoms with Crippen molar-refractivity contribution in [2.24, 2.45) is 5.92 Å². The summed E-state index contributed by atoms with van der Waals surface area (Å²) >= 11 is 0. The first-order valence-electron chi connectivity index (χ1n) is 12.5. The Morgan fingerprint density at radius 1 is 0.833 bits per heavy atom. The van der Waals surface area contributed by atoms with E-state index >= 15 is 0 Å². The van der Waals surface area contributed by atoms with Crippen LogP contribution in [0.15, 0.2) is 85.0 Å². The number of anilines is 1. The van der Waals surface area contributed by atoms with E-state index in [1.165, 1.54) is 17.2 Å². The van der Waals surface area contributed by atoms with Gasteiger partial charge in [0.15, 0.2) is 0 Å². The molecule has 0 amide bonds. The number of benzene rings is 2. The SMILES string of the molecule is CC(C)c1cccc(C(C)C)c1NC(c1ccccc1)c1cccc(C2=CCC(C(F)(F)F)C=C2)n1. The van der Waals surface area contributed by atoms with Crippen LogP contribution < -0.4 is 5.32 Å². The summed E-state index contributed by atoms with van der Waals surface area (Å²) in [6.45, 7) is 8.77. The van der Waals surface area contributed by atoms with Gasteiger partial charge in [0.2, 0.25) is 0 Å². The molecule has 188 valence electrons. The molecule has 0 saturated carbocycles. The molecule has 0 radical (unpaired) electrons. The minimum atomic E-state index is -4.23. The average molecular weight is 491 g/mol. The molecule has 1 aliphatic carbocycles. The number of hydrogen-bond donors (Lipinski definition) is 1. The lowest BCUT2D eigenvalue weighted by Gasteiger charge is -2.27. The molecule has 5 heteroatoms. The molecule has 0 spiro atoms. The highest BCUT2D eigenvalue weighted by Crippen LogP contribution is 2.38. The van der Waals surface area contributed by atoms with Crippen LogP contribution in [-0.2, 0) is 0 Å². The fourth-order valence-corrected chi connectivity index (χ4v) is 4.66. The smallest absolute Gasteiger partial charge is 0.372 e. The number of pyridine rings is 1. The third kappa shape index (κ3) is 5.72. The summed E-state index contributed by atoms with van der Waals surface area (Å²) in [7, 11) is 0. The van der Waals surface area contributed by atoms with Gasteiger partial charge < -0.3 is 5.32 Å². The minimum absolute atomic E-state index is 0.0683. The second-order valence-corrected chi connectivity index (χ2v) is 9.96. The molecular formula is C31H33F3N2. The van der Waals surface area contributed by atoms with Crippen LogP contribution in [0.5, 0.6) is 0 Å². The normalized spacial score (nSPS) is 16.8. The summed E-state index contributed by atoms with van der Waals surface area (Å²) in [5.74, 6) is -0.771. The minimum Gasteiger partial charge on any atom is -0.372 e. The number of halogens is 3. The number of hydrogen-bond acceptors (Lipinski definition) is 2. The van der Waals surface area contributed by atoms with Gasteiger partial charge in [-0.1, -0.05) is 101 Å². The largest absolute Gasteiger partial charge is 0.395 e. The summed E-state index contributed by atoms with van der Waals surface area (Å²) in [5.41, 5.74) is 6.89. The topological polar surface area (TPSA) is 24.9 Å². The van der Waals surface area contributed by atoms with Crippen LogP contribution in [0.3, 0.4) is 0 Å². The molecule has 1 aliphatic rings. The number of alkyl halides is 3. The number of nitrogens with zero attached hydrogens (tertiary/aromatic N) is 1. The van der Waals surface area contributed by atoms with Crippen molar-refractivity contribution in [3.63, 3.8) is 0 Å². The number of allylic oxidation sites excluding steroid dienone is 4. The molecule has 2 aromatic carbocycles. The van der Waals surface area contributed by atoms with Crippen molar-refractivity contribution in [2.75, 3.05) is 5.32 Å². The lowest BCUT2D eigenvalue weighted by molar-refractivity contribution is -0.160. The van der Waals surface area contributed by atoms with Crippen molar-refractivity contribution in [3.8, 4) is 0 Å². The van der Waals surface area contributed by atoms with Crippen molar-refractivity contribution >= 4 is 11.3 Å². The first kappa shape index (κ1) is 25.7. The molecule has 4 rings (SSSR count). The predicted molar refractivity (Wildman–Crippen MR) is 142 cm³/mol. The Morgan fingerprint density at radius 2 is 1.47 bits per heavy atom. The number of rotatable bonds is 7. The third-order valence-electron chi connectivity index (χ3n) is 6.68. The van der Waals surface area contributed by atoms with E-state index in [9.17, 15) is 13.2 Å². The van der Waals surface area contributed by atoms with Gasteiger partial charge in [0, 0.05) is 5.69 Å². The number of aromatic nitrogens is 1. The molecule has 36 heavy (non-hydrogen) atoms. The monoisotopic (exact) mass is 490 g/mol. The van der Waals surface area contributed by atoms with Gasteiger partial charge in [-0.3, -0.25) is 4.98 Å². The summed E-state index contributed by atoms with van der Waals surface area (Å²) in [6.07, 6.45) is 0.128. The van der Waals surface area contributed by atoms with Crippen LogP contribution in [-0.4, -0.2) is 11.2 Å². The zero-order valence-electron chi connectivity index (χ0n) is 21.2. The van der Waals surface area contributed by atoms with Crippen molar-refractivity contribution < 1.29 is 13.2 Å². The summed E-state index contributed by atoms with van der Waals surface area (Å²) < 4.78 is 39.3. The summed E-state index contributed by atoms with van der Waals surface area (Å²) in [4.78, 5) is 4.94. The Bertz CT molecular complexity index is 1210. The molecule has 0 saturated heterocycles. The Hall–Kier alpha value is -3.34. The van der Waals surface area contributed by atoms with Crippen molar-refractivity contribution in [1.29, 1.82) is 0 Å². The van der Waals surface area contributed by atoms with Gasteiger partial charge in [-0.05, 0) is 52.7 Å². The maximum atomic E-state index is 13.1. The van der Waals surface area contributed by atoms with Gasteiger partial charge in [-0.2, -0.15) is 13.2 Å². The van der Waals surface area contributed by atoms with E-state index in [0.717, 1.165) is 22.5 Å². The van der Waals surface area contributed by atoms with E-state index in [4.69, 9.17) is 4.98 Å². The highest BCUT2D eigenvalue weighted by Gasteiger charge is 2.37. The summed E-state index contributed by atoms with van der Waals surface area (Å²) in [6, 6.07) is 22.1. The molecule has 2 unspecified atom stereocenters. The van der Waals surface area contributed by atoms with Crippen LogP contribution in [0.1, 0.15) is 80.1 Å². The zero-order chi connectivity index (χ0) is 25.9. The van der Waals surface area contributed by atoms with E-state index in [1.807, 2.05) is 36.4 Å². The van der Waals surface area contributed by atoms with E-state index < -0.39 is 12.1 Å². The molecule has 0 aliphatic heterocycles. The van der Waals surface area contributed by atoms with Gasteiger partial charge in [-0.25, -0.2) is 0 Å². The second-order valence-electron chi connectivity index (χ2n) is 9.96. The first-order chi connectivity index (χ1) is 17.1. The van der Waals surface area contributed by atoms with E-state index in [2.05, 4.69) is 63.3 Å². The predicted octanol–water partition coefficient (Wildman–Crippen LogP) is 9.05. The van der Waals surface area contributed by atoms with Crippen molar-refractivity contribution in [2.45, 2.75) is 58.2 Å². The molecule has 3 aromatic rings. The Morgan fingerprint density at radius 3 is 2.03 bits per heavy atom. The average Bonchev–Trinajstić information content (AvgIpc) is 2.87. The van der Waals surface area contributed by atoms with E-state index in [0.29, 0.717) is 17.5 Å². The Balaban J connectivity index is 1.75. The number of para-hydroxylation sites is 1. The number of nitrogens with one attached hydrogen (secondary N) is 1. The molecule has 0 bridgehead atoms. The van der Waals surface area contributed by atoms with E-state index in [-0.39, 0.29) is 12.5 Å². The van der Waals surface area contributed by atoms with Crippen LogP contribution in [0.4, 0.5) is 18.9 Å². The first-order valence-corrected chi connectivity index (χ1v) is 12.5. The van der Waals surface area contributed by atoms with Crippen LogP contribution in [0.2, 0.25) is 0 Å². The Labute approximate surface area is 212 Å². The standard InChI is InChI=1S/C31H33F3N2/c1-20(2)25-12-8-13-26(21(3)4)30(25)36-29(23-10-6-5-7-11-23)28-15-9-14-27(35-28)22-16-18-24(19-17-22)31(32,33)34/h5-18,20-21,24,29,36H,19H2,1-4H3. The molecule has 1 heterocycles. The highest BCUT2D eigenvalue weighted by molar-refractivity contribution is 5.73. The van der Waals surface area contributed by atoms with Crippen molar-refractivity contribution in [3.05, 3.63) is 113 Å². The van der Waals surface area contributed by atoms with Crippen LogP contribution in [0, 0.1) is 5.92 Å². The molecule has 1 N–H and O–H groups in total. The van der Waals surface area contributed by atoms with Gasteiger partial charge in [0.05, 0.1) is 23.3 Å². The third-order valence-corrected chi connectivity index (χ3v) is 6.68. The van der Waals surface area contributed by atoms with Gasteiger partial charge >= 0.3 is 6.18 Å². The van der Waals surface area contributed by atoms with Gasteiger partial charge in [-0.15, -0.1) is 0 Å². The maximum Gasteiger partial charge on any atom is 0.395 e. The van der Waals surface area contributed by atoms with Crippen molar-refractivity contribution in [1.82, 2.24) is 4.98 Å². The fourth-order valence-electron chi connectivity index (χ4n) is 4.66. The second kappa shape index (κ2) is 10.7. The van der Waals surface area contributed by atoms with Gasteiger partial charge in [0.25, 0.3) is 0 Å². The molecule has 2 atom stereocenters. The van der Waals surface area contributed by atoms with Gasteiger partial charge in [0.1, 0.15) is 0 Å². The molecule has 1 aromatic heterocycles. The highest BCUT2D eigenvalue weighted by atomic mass is 19.4. The summed E-state index contributed by atoms with van der Waals surface area (Å²) in [5, 5.41) is 3.82. The quantitative estimate of drug-likeness (QED) is 0.357. The fraction of sp³-hybridized carbons (Fsp3) is 0.323. The lowest BCUT2D eigenvalue weighted by Crippen LogP contribution is -2.21. The Kier molecular flexibility index (Phi) is 7.67. The molecule has 2 nitrogen and oxygen atoms in total. The lowest BCUT2D eigenvalue weighted by atomic mass is 9.91.